The summed E-state index contributed by atoms with van der Waals surface area (Å²) < 4.78 is 0. The molecule has 5 heteroatoms. The van der Waals surface area contributed by atoms with Crippen LogP contribution in [0.3, 0.4) is 0 Å². The van der Waals surface area contributed by atoms with Gasteiger partial charge < -0.3 is 5.11 Å². The molecule has 0 aromatic heterocycles. The molecule has 2 aliphatic heterocycles. The second kappa shape index (κ2) is 8.96. The minimum Gasteiger partial charge on any atom is -0.481 e. The lowest BCUT2D eigenvalue weighted by molar-refractivity contribution is -0.143. The van der Waals surface area contributed by atoms with Crippen molar-refractivity contribution in [2.24, 2.45) is 5.92 Å². The number of fused-ring (bicyclic) bond motifs is 2. The van der Waals surface area contributed by atoms with Crippen molar-refractivity contribution in [3.63, 3.8) is 0 Å². The molecule has 0 aliphatic carbocycles. The van der Waals surface area contributed by atoms with Gasteiger partial charge in [-0.25, -0.2) is 0 Å². The van der Waals surface area contributed by atoms with Gasteiger partial charge in [-0.15, -0.1) is 24.2 Å². The Hall–Kier alpha value is -1.75. The van der Waals surface area contributed by atoms with Crippen molar-refractivity contribution in [3.05, 3.63) is 71.3 Å². The molecule has 142 valence electrons. The van der Waals surface area contributed by atoms with Gasteiger partial charge in [0.2, 0.25) is 0 Å². The van der Waals surface area contributed by atoms with E-state index in [0.717, 1.165) is 31.7 Å². The third-order valence-corrected chi connectivity index (χ3v) is 6.40. The molecule has 2 heterocycles. The molecular weight excluding hydrogens is 378 g/mol. The van der Waals surface area contributed by atoms with E-state index >= 15 is 0 Å². The van der Waals surface area contributed by atoms with E-state index in [1.807, 2.05) is 11.8 Å². The van der Waals surface area contributed by atoms with Gasteiger partial charge in [-0.2, -0.15) is 0 Å². The Balaban J connectivity index is 0.00000210. The first-order valence-electron chi connectivity index (χ1n) is 9.18. The number of benzene rings is 2. The molecule has 0 spiro atoms. The summed E-state index contributed by atoms with van der Waals surface area (Å²) in [5.41, 5.74) is 5.23. The van der Waals surface area contributed by atoms with Crippen molar-refractivity contribution in [2.75, 3.05) is 19.6 Å². The smallest absolute Gasteiger partial charge is 0.307 e. The van der Waals surface area contributed by atoms with Gasteiger partial charge in [0.15, 0.2) is 0 Å². The number of aliphatic carboxylic acids is 1. The summed E-state index contributed by atoms with van der Waals surface area (Å²) in [6, 6.07) is 17.2. The summed E-state index contributed by atoms with van der Waals surface area (Å²) >= 11 is 1.89. The van der Waals surface area contributed by atoms with E-state index in [4.69, 9.17) is 0 Å². The van der Waals surface area contributed by atoms with Crippen LogP contribution < -0.4 is 0 Å². The van der Waals surface area contributed by atoms with Crippen LogP contribution in [0, 0.1) is 5.92 Å². The van der Waals surface area contributed by atoms with Gasteiger partial charge in [-0.05, 0) is 47.7 Å². The van der Waals surface area contributed by atoms with Crippen LogP contribution in [0.1, 0.15) is 29.5 Å². The Morgan fingerprint density at radius 2 is 1.89 bits per heavy atom. The average Bonchev–Trinajstić information content (AvgIpc) is 2.83. The van der Waals surface area contributed by atoms with E-state index in [1.54, 1.807) is 0 Å². The molecule has 0 saturated carbocycles. The Kier molecular flexibility index (Phi) is 6.64. The molecule has 1 atom stereocenters. The van der Waals surface area contributed by atoms with Crippen LogP contribution in [0.4, 0.5) is 0 Å². The number of halogens is 1. The normalized spacial score (nSPS) is 20.9. The number of hydrogen-bond donors (Lipinski definition) is 1. The Bertz CT molecular complexity index is 802. The van der Waals surface area contributed by atoms with Gasteiger partial charge in [0.05, 0.1) is 5.92 Å². The average molecular weight is 402 g/mol. The summed E-state index contributed by atoms with van der Waals surface area (Å²) in [6.07, 6.45) is 4.06. The van der Waals surface area contributed by atoms with Crippen molar-refractivity contribution in [1.82, 2.24) is 4.90 Å². The van der Waals surface area contributed by atoms with E-state index in [-0.39, 0.29) is 18.3 Å². The van der Waals surface area contributed by atoms with Gasteiger partial charge in [0.25, 0.3) is 0 Å². The van der Waals surface area contributed by atoms with Gasteiger partial charge in [0, 0.05) is 23.7 Å². The lowest BCUT2D eigenvalue weighted by Gasteiger charge is -2.30. The first kappa shape index (κ1) is 20.0. The van der Waals surface area contributed by atoms with Gasteiger partial charge >= 0.3 is 5.97 Å². The van der Waals surface area contributed by atoms with Crippen LogP contribution in [0.15, 0.2) is 59.5 Å². The summed E-state index contributed by atoms with van der Waals surface area (Å²) in [5.74, 6) is 0.0883. The second-order valence-corrected chi connectivity index (χ2v) is 8.01. The van der Waals surface area contributed by atoms with Crippen LogP contribution in [0.2, 0.25) is 0 Å². The fraction of sp³-hybridized carbons (Fsp3) is 0.318. The van der Waals surface area contributed by atoms with Crippen molar-refractivity contribution in [2.45, 2.75) is 23.5 Å². The molecule has 1 fully saturated rings. The maximum atomic E-state index is 11.3. The molecule has 27 heavy (non-hydrogen) atoms. The monoisotopic (exact) mass is 401 g/mol. The highest BCUT2D eigenvalue weighted by molar-refractivity contribution is 7.98. The molecular formula is C22H24ClNO2S. The van der Waals surface area contributed by atoms with Gasteiger partial charge in [0.1, 0.15) is 0 Å². The molecule has 0 unspecified atom stereocenters. The highest BCUT2D eigenvalue weighted by atomic mass is 35.5. The molecule has 0 amide bonds. The highest BCUT2D eigenvalue weighted by Crippen LogP contribution is 2.39. The molecule has 0 radical (unpaired) electrons. The number of hydrogen-bond acceptors (Lipinski definition) is 3. The SMILES string of the molecule is Cl.O=C(O)[C@@H]1CCCN(CC=C2c3ccccc3CSc3ccccc32)C1. The maximum Gasteiger partial charge on any atom is 0.307 e. The van der Waals surface area contributed by atoms with Gasteiger partial charge in [-0.1, -0.05) is 48.5 Å². The van der Waals surface area contributed by atoms with E-state index in [0.29, 0.717) is 6.54 Å². The predicted octanol–water partition coefficient (Wildman–Crippen LogP) is 4.94. The first-order chi connectivity index (χ1) is 12.7. The number of carboxylic acids is 1. The number of thioether (sulfide) groups is 1. The lowest BCUT2D eigenvalue weighted by Crippen LogP contribution is -2.38. The minimum atomic E-state index is -0.663. The fourth-order valence-electron chi connectivity index (χ4n) is 3.89. The van der Waals surface area contributed by atoms with Crippen LogP contribution in [-0.4, -0.2) is 35.6 Å². The van der Waals surface area contributed by atoms with Crippen LogP contribution in [0.25, 0.3) is 5.57 Å². The highest BCUT2D eigenvalue weighted by Gasteiger charge is 2.25. The number of piperidine rings is 1. The van der Waals surface area contributed by atoms with Crippen LogP contribution in [0.5, 0.6) is 0 Å². The Morgan fingerprint density at radius 3 is 2.70 bits per heavy atom. The van der Waals surface area contributed by atoms with E-state index in [9.17, 15) is 9.90 Å². The minimum absolute atomic E-state index is 0. The van der Waals surface area contributed by atoms with Crippen LogP contribution >= 0.6 is 24.2 Å². The molecule has 4 rings (SSSR count). The zero-order valence-electron chi connectivity index (χ0n) is 15.1. The van der Waals surface area contributed by atoms with E-state index in [1.165, 1.54) is 27.2 Å². The lowest BCUT2D eigenvalue weighted by atomic mass is 9.93. The van der Waals surface area contributed by atoms with Crippen molar-refractivity contribution in [1.29, 1.82) is 0 Å². The molecule has 2 aromatic carbocycles. The topological polar surface area (TPSA) is 40.5 Å². The number of nitrogens with zero attached hydrogens (tertiary/aromatic N) is 1. The number of rotatable bonds is 3. The third-order valence-electron chi connectivity index (χ3n) is 5.28. The first-order valence-corrected chi connectivity index (χ1v) is 10.2. The van der Waals surface area contributed by atoms with Crippen molar-refractivity contribution < 1.29 is 9.90 Å². The summed E-state index contributed by atoms with van der Waals surface area (Å²) in [7, 11) is 0. The number of likely N-dealkylation sites (tertiary alicyclic amines) is 1. The van der Waals surface area contributed by atoms with Gasteiger partial charge in [-0.3, -0.25) is 9.69 Å². The van der Waals surface area contributed by atoms with Crippen molar-refractivity contribution >= 4 is 35.7 Å². The summed E-state index contributed by atoms with van der Waals surface area (Å²) in [5, 5.41) is 9.33. The molecule has 3 nitrogen and oxygen atoms in total. The largest absolute Gasteiger partial charge is 0.481 e. The molecule has 1 N–H and O–H groups in total. The fourth-order valence-corrected chi connectivity index (χ4v) is 4.96. The van der Waals surface area contributed by atoms with E-state index in [2.05, 4.69) is 59.5 Å². The third kappa shape index (κ3) is 4.40. The molecule has 2 aromatic rings. The number of carbonyl (C=O) groups is 1. The zero-order valence-corrected chi connectivity index (χ0v) is 16.8. The Morgan fingerprint density at radius 1 is 1.15 bits per heavy atom. The zero-order chi connectivity index (χ0) is 17.9. The number of carboxylic acid groups (broad SMARTS) is 1. The second-order valence-electron chi connectivity index (χ2n) is 7.00. The van der Waals surface area contributed by atoms with E-state index < -0.39 is 5.97 Å². The van der Waals surface area contributed by atoms with Crippen LogP contribution in [-0.2, 0) is 10.5 Å². The van der Waals surface area contributed by atoms with Crippen molar-refractivity contribution in [3.8, 4) is 0 Å². The predicted molar refractivity (Wildman–Crippen MR) is 114 cm³/mol. The standard InChI is InChI=1S/C22H23NO2S.ClH/c24-22(25)16-7-5-12-23(14-16)13-11-19-18-8-2-1-6-17(18)15-26-21-10-4-3-9-20(19)21;/h1-4,6,8-11,16H,5,7,12-15H2,(H,24,25);1H/t16-;/m1./s1. The molecule has 2 aliphatic rings. The Labute approximate surface area is 170 Å². The summed E-state index contributed by atoms with van der Waals surface area (Å²) in [4.78, 5) is 14.9. The molecule has 1 saturated heterocycles. The quantitative estimate of drug-likeness (QED) is 0.790. The molecule has 0 bridgehead atoms. The maximum absolute atomic E-state index is 11.3. The summed E-state index contributed by atoms with van der Waals surface area (Å²) in [6.45, 7) is 2.43.